The lowest BCUT2D eigenvalue weighted by atomic mass is 9.77. The van der Waals surface area contributed by atoms with Crippen molar-refractivity contribution in [2.24, 2.45) is 0 Å². The fourth-order valence-electron chi connectivity index (χ4n) is 4.63. The number of H-pyrrole nitrogens is 2. The number of piperidine rings is 1. The highest BCUT2D eigenvalue weighted by molar-refractivity contribution is 6.34. The molecular weight excluding hydrogens is 366 g/mol. The number of carbonyl (C=O) groups is 1. The van der Waals surface area contributed by atoms with Gasteiger partial charge in [0.2, 0.25) is 0 Å². The summed E-state index contributed by atoms with van der Waals surface area (Å²) in [5.74, 6) is 1.08. The van der Waals surface area contributed by atoms with Crippen LogP contribution in [0.2, 0.25) is 5.02 Å². The molecule has 3 heterocycles. The second-order valence-electron chi connectivity index (χ2n) is 8.17. The van der Waals surface area contributed by atoms with Gasteiger partial charge in [-0.3, -0.25) is 14.7 Å². The van der Waals surface area contributed by atoms with Crippen molar-refractivity contribution >= 4 is 17.5 Å². The Bertz CT molecular complexity index is 992. The molecule has 2 aromatic rings. The summed E-state index contributed by atoms with van der Waals surface area (Å²) in [5, 5.41) is 7.26. The Morgan fingerprint density at radius 2 is 2.15 bits per heavy atom. The number of aromatic nitrogens is 4. The maximum Gasteiger partial charge on any atom is 0.275 e. The summed E-state index contributed by atoms with van der Waals surface area (Å²) in [6.45, 7) is 3.05. The molecule has 8 heteroatoms. The Kier molecular flexibility index (Phi) is 3.73. The molecule has 1 saturated heterocycles. The van der Waals surface area contributed by atoms with E-state index in [0.717, 1.165) is 55.6 Å². The Labute approximate surface area is 161 Å². The fraction of sp³-hybridized carbons (Fsp3) is 0.579. The SMILES string of the molecule is Cc1[nH]nc(C(=O)N2CCCC3(CCc4c3nc(C3CC3)[nH]c4=O)C2)c1Cl. The smallest absolute Gasteiger partial charge is 0.275 e. The van der Waals surface area contributed by atoms with Crippen molar-refractivity contribution in [2.75, 3.05) is 13.1 Å². The van der Waals surface area contributed by atoms with Crippen molar-refractivity contribution < 1.29 is 4.79 Å². The number of aryl methyl sites for hydroxylation is 1. The summed E-state index contributed by atoms with van der Waals surface area (Å²) in [6.07, 6.45) is 5.63. The summed E-state index contributed by atoms with van der Waals surface area (Å²) in [6, 6.07) is 0. The molecule has 1 unspecified atom stereocenters. The number of fused-ring (bicyclic) bond motifs is 2. The Morgan fingerprint density at radius 3 is 2.85 bits per heavy atom. The fourth-order valence-corrected chi connectivity index (χ4v) is 4.79. The molecule has 0 bridgehead atoms. The zero-order chi connectivity index (χ0) is 18.8. The number of carbonyl (C=O) groups excluding carboxylic acids is 1. The van der Waals surface area contributed by atoms with Crippen molar-refractivity contribution in [1.29, 1.82) is 0 Å². The third-order valence-corrected chi connectivity index (χ3v) is 6.76. The normalized spacial score (nSPS) is 24.4. The third kappa shape index (κ3) is 2.63. The van der Waals surface area contributed by atoms with Crippen LogP contribution in [-0.4, -0.2) is 44.1 Å². The summed E-state index contributed by atoms with van der Waals surface area (Å²) >= 11 is 6.24. The highest BCUT2D eigenvalue weighted by atomic mass is 35.5. The van der Waals surface area contributed by atoms with Gasteiger partial charge >= 0.3 is 0 Å². The van der Waals surface area contributed by atoms with Crippen molar-refractivity contribution in [1.82, 2.24) is 25.1 Å². The van der Waals surface area contributed by atoms with E-state index < -0.39 is 0 Å². The van der Waals surface area contributed by atoms with Crippen molar-refractivity contribution in [3.63, 3.8) is 0 Å². The van der Waals surface area contributed by atoms with E-state index in [0.29, 0.717) is 29.7 Å². The molecule has 2 aliphatic carbocycles. The van der Waals surface area contributed by atoms with Crippen LogP contribution in [0, 0.1) is 6.92 Å². The number of hydrogen-bond acceptors (Lipinski definition) is 4. The number of hydrogen-bond donors (Lipinski definition) is 2. The van der Waals surface area contributed by atoms with Gasteiger partial charge in [0.1, 0.15) is 5.82 Å². The average Bonchev–Trinajstić information content (AvgIpc) is 3.39. The Balaban J connectivity index is 1.49. The number of amides is 1. The number of rotatable bonds is 2. The van der Waals surface area contributed by atoms with E-state index in [2.05, 4.69) is 15.2 Å². The van der Waals surface area contributed by atoms with Gasteiger partial charge in [0.15, 0.2) is 5.69 Å². The summed E-state index contributed by atoms with van der Waals surface area (Å²) in [7, 11) is 0. The first-order valence-corrected chi connectivity index (χ1v) is 10.00. The van der Waals surface area contributed by atoms with Crippen LogP contribution in [0.4, 0.5) is 0 Å². The minimum Gasteiger partial charge on any atom is -0.336 e. The molecule has 1 atom stereocenters. The van der Waals surface area contributed by atoms with Crippen molar-refractivity contribution in [3.05, 3.63) is 43.8 Å². The van der Waals surface area contributed by atoms with E-state index in [1.165, 1.54) is 0 Å². The van der Waals surface area contributed by atoms with Crippen LogP contribution in [0.15, 0.2) is 4.79 Å². The highest BCUT2D eigenvalue weighted by Crippen LogP contribution is 2.45. The molecule has 1 saturated carbocycles. The molecular formula is C19H22ClN5O2. The number of likely N-dealkylation sites (tertiary alicyclic amines) is 1. The van der Waals surface area contributed by atoms with Crippen LogP contribution in [0.3, 0.4) is 0 Å². The molecule has 27 heavy (non-hydrogen) atoms. The molecule has 2 N–H and O–H groups in total. The lowest BCUT2D eigenvalue weighted by Crippen LogP contribution is -2.48. The largest absolute Gasteiger partial charge is 0.336 e. The van der Waals surface area contributed by atoms with Crippen LogP contribution >= 0.6 is 11.6 Å². The molecule has 3 aliphatic rings. The third-order valence-electron chi connectivity index (χ3n) is 6.29. The first-order chi connectivity index (χ1) is 13.0. The molecule has 142 valence electrons. The summed E-state index contributed by atoms with van der Waals surface area (Å²) in [5.41, 5.74) is 2.49. The van der Waals surface area contributed by atoms with E-state index in [4.69, 9.17) is 16.6 Å². The molecule has 5 rings (SSSR count). The molecule has 1 aliphatic heterocycles. The predicted molar refractivity (Wildman–Crippen MR) is 100 cm³/mol. The standard InChI is InChI=1S/C19H22ClN5O2/c1-10-13(20)14(24-23-10)18(27)25-8-2-6-19(9-25)7-5-12-15(19)21-16(11-3-4-11)22-17(12)26/h11H,2-9H2,1H3,(H,23,24)(H,21,22,26). The molecule has 7 nitrogen and oxygen atoms in total. The summed E-state index contributed by atoms with van der Waals surface area (Å²) < 4.78 is 0. The zero-order valence-electron chi connectivity index (χ0n) is 15.3. The molecule has 1 spiro atoms. The van der Waals surface area contributed by atoms with Crippen LogP contribution in [-0.2, 0) is 11.8 Å². The second kappa shape index (κ2) is 5.92. The lowest BCUT2D eigenvalue weighted by Gasteiger charge is -2.40. The monoisotopic (exact) mass is 387 g/mol. The zero-order valence-corrected chi connectivity index (χ0v) is 16.0. The van der Waals surface area contributed by atoms with Crippen molar-refractivity contribution in [2.45, 2.75) is 56.8 Å². The van der Waals surface area contributed by atoms with E-state index in [1.807, 2.05) is 4.90 Å². The number of nitrogens with one attached hydrogen (secondary N) is 2. The van der Waals surface area contributed by atoms with Gasteiger partial charge in [-0.25, -0.2) is 4.98 Å². The van der Waals surface area contributed by atoms with Gasteiger partial charge in [0.25, 0.3) is 11.5 Å². The van der Waals surface area contributed by atoms with E-state index in [-0.39, 0.29) is 22.6 Å². The van der Waals surface area contributed by atoms with E-state index in [1.54, 1.807) is 6.92 Å². The first-order valence-electron chi connectivity index (χ1n) is 9.62. The van der Waals surface area contributed by atoms with Gasteiger partial charge < -0.3 is 9.88 Å². The van der Waals surface area contributed by atoms with Gasteiger partial charge in [-0.15, -0.1) is 0 Å². The quantitative estimate of drug-likeness (QED) is 0.827. The van der Waals surface area contributed by atoms with Crippen LogP contribution < -0.4 is 5.56 Å². The second-order valence-corrected chi connectivity index (χ2v) is 8.55. The minimum absolute atomic E-state index is 0.00759. The van der Waals surface area contributed by atoms with Gasteiger partial charge in [-0.2, -0.15) is 5.10 Å². The molecule has 1 amide bonds. The van der Waals surface area contributed by atoms with Crippen LogP contribution in [0.5, 0.6) is 0 Å². The average molecular weight is 388 g/mol. The number of halogens is 1. The Morgan fingerprint density at radius 1 is 1.33 bits per heavy atom. The summed E-state index contributed by atoms with van der Waals surface area (Å²) in [4.78, 5) is 35.3. The maximum atomic E-state index is 13.0. The van der Waals surface area contributed by atoms with Gasteiger partial charge in [0, 0.05) is 30.0 Å². The molecule has 0 radical (unpaired) electrons. The topological polar surface area (TPSA) is 94.7 Å². The lowest BCUT2D eigenvalue weighted by molar-refractivity contribution is 0.0627. The van der Waals surface area contributed by atoms with E-state index in [9.17, 15) is 9.59 Å². The van der Waals surface area contributed by atoms with E-state index >= 15 is 0 Å². The van der Waals surface area contributed by atoms with Crippen LogP contribution in [0.1, 0.15) is 71.3 Å². The van der Waals surface area contributed by atoms with Gasteiger partial charge in [0.05, 0.1) is 16.4 Å². The predicted octanol–water partition coefficient (Wildman–Crippen LogP) is 2.45. The van der Waals surface area contributed by atoms with Gasteiger partial charge in [-0.05, 0) is 45.4 Å². The molecule has 2 aromatic heterocycles. The maximum absolute atomic E-state index is 13.0. The molecule has 0 aromatic carbocycles. The Hall–Kier alpha value is -2.15. The van der Waals surface area contributed by atoms with Crippen molar-refractivity contribution in [3.8, 4) is 0 Å². The minimum atomic E-state index is -0.223. The number of nitrogens with zero attached hydrogens (tertiary/aromatic N) is 3. The van der Waals surface area contributed by atoms with Crippen LogP contribution in [0.25, 0.3) is 0 Å². The van der Waals surface area contributed by atoms with Gasteiger partial charge in [-0.1, -0.05) is 11.6 Å². The number of aromatic amines is 2. The molecule has 2 fully saturated rings. The highest BCUT2D eigenvalue weighted by Gasteiger charge is 2.46. The first kappa shape index (κ1) is 17.0.